The maximum absolute atomic E-state index is 12.7. The first-order valence-corrected chi connectivity index (χ1v) is 8.14. The lowest BCUT2D eigenvalue weighted by molar-refractivity contribution is -0.948. The second-order valence-corrected chi connectivity index (χ2v) is 6.64. The molecule has 0 spiro atoms. The van der Waals surface area contributed by atoms with Gasteiger partial charge in [0.15, 0.2) is 6.04 Å². The van der Waals surface area contributed by atoms with E-state index in [-0.39, 0.29) is 17.9 Å². The van der Waals surface area contributed by atoms with Crippen LogP contribution in [0.4, 0.5) is 5.69 Å². The van der Waals surface area contributed by atoms with Gasteiger partial charge in [0.2, 0.25) is 5.91 Å². The first-order chi connectivity index (χ1) is 10.6. The predicted octanol–water partition coefficient (Wildman–Crippen LogP) is -1.49. The number of anilines is 1. The Balaban J connectivity index is 1.73. The van der Waals surface area contributed by atoms with Crippen molar-refractivity contribution in [2.75, 3.05) is 32.1 Å². The van der Waals surface area contributed by atoms with Gasteiger partial charge in [-0.15, -0.1) is 0 Å². The summed E-state index contributed by atoms with van der Waals surface area (Å²) in [6.45, 7) is 2.30. The van der Waals surface area contributed by atoms with Crippen molar-refractivity contribution in [3.63, 3.8) is 0 Å². The minimum atomic E-state index is -0.226. The molecular weight excluding hydrogens is 278 g/mol. The standard InChI is InChI=1S/C17H23N3O2/c1-18-10-8-13(9-11-18)19(2)15-12-16(21)20(17(15)22)14-6-4-3-5-7-14/h3-7,13,15H,8-12H2,1-2H3/p+2/t15-/m1/s1. The van der Waals surface area contributed by atoms with Gasteiger partial charge in [0.05, 0.1) is 45.3 Å². The summed E-state index contributed by atoms with van der Waals surface area (Å²) in [5.74, 6) is -0.112. The van der Waals surface area contributed by atoms with Crippen LogP contribution in [0, 0.1) is 0 Å². The highest BCUT2D eigenvalue weighted by Gasteiger charge is 2.46. The molecule has 1 aromatic carbocycles. The van der Waals surface area contributed by atoms with E-state index in [9.17, 15) is 9.59 Å². The van der Waals surface area contributed by atoms with E-state index in [0.29, 0.717) is 18.2 Å². The molecule has 2 saturated heterocycles. The summed E-state index contributed by atoms with van der Waals surface area (Å²) >= 11 is 0. The molecule has 1 unspecified atom stereocenters. The number of para-hydroxylation sites is 1. The van der Waals surface area contributed by atoms with Gasteiger partial charge < -0.3 is 9.80 Å². The number of amides is 2. The van der Waals surface area contributed by atoms with Crippen LogP contribution in [0.5, 0.6) is 0 Å². The molecule has 0 radical (unpaired) electrons. The topological polar surface area (TPSA) is 46.3 Å². The lowest BCUT2D eigenvalue weighted by Crippen LogP contribution is -3.21. The number of quaternary nitrogens is 2. The molecule has 2 amide bonds. The molecule has 2 atom stereocenters. The Bertz CT molecular complexity index is 552. The summed E-state index contributed by atoms with van der Waals surface area (Å²) in [5, 5.41) is 0. The van der Waals surface area contributed by atoms with E-state index in [2.05, 4.69) is 14.1 Å². The van der Waals surface area contributed by atoms with Crippen LogP contribution < -0.4 is 14.7 Å². The average molecular weight is 303 g/mol. The molecule has 2 aliphatic rings. The van der Waals surface area contributed by atoms with Crippen LogP contribution in [0.25, 0.3) is 0 Å². The number of nitrogens with zero attached hydrogens (tertiary/aromatic N) is 1. The zero-order valence-corrected chi connectivity index (χ0v) is 13.3. The van der Waals surface area contributed by atoms with E-state index in [1.807, 2.05) is 30.3 Å². The van der Waals surface area contributed by atoms with E-state index in [4.69, 9.17) is 0 Å². The Morgan fingerprint density at radius 1 is 1.14 bits per heavy atom. The molecule has 1 aromatic rings. The van der Waals surface area contributed by atoms with E-state index in [0.717, 1.165) is 25.9 Å². The summed E-state index contributed by atoms with van der Waals surface area (Å²) in [5.41, 5.74) is 0.695. The Labute approximate surface area is 131 Å². The van der Waals surface area contributed by atoms with Crippen molar-refractivity contribution in [3.8, 4) is 0 Å². The zero-order valence-electron chi connectivity index (χ0n) is 13.3. The van der Waals surface area contributed by atoms with Crippen LogP contribution in [0.3, 0.4) is 0 Å². The van der Waals surface area contributed by atoms with Crippen LogP contribution in [0.1, 0.15) is 19.3 Å². The number of hydrogen-bond acceptors (Lipinski definition) is 2. The Morgan fingerprint density at radius 3 is 2.41 bits per heavy atom. The molecule has 2 fully saturated rings. The van der Waals surface area contributed by atoms with E-state index in [1.54, 1.807) is 4.90 Å². The molecule has 5 heteroatoms. The molecule has 2 N–H and O–H groups in total. The molecule has 0 aromatic heterocycles. The van der Waals surface area contributed by atoms with Crippen molar-refractivity contribution in [1.82, 2.24) is 0 Å². The lowest BCUT2D eigenvalue weighted by Gasteiger charge is -2.33. The minimum Gasteiger partial charge on any atom is -0.337 e. The third-order valence-electron chi connectivity index (χ3n) is 5.19. The van der Waals surface area contributed by atoms with Gasteiger partial charge in [-0.2, -0.15) is 0 Å². The van der Waals surface area contributed by atoms with Crippen LogP contribution >= 0.6 is 0 Å². The van der Waals surface area contributed by atoms with E-state index in [1.165, 1.54) is 9.80 Å². The van der Waals surface area contributed by atoms with Gasteiger partial charge in [-0.1, -0.05) is 18.2 Å². The summed E-state index contributed by atoms with van der Waals surface area (Å²) in [7, 11) is 4.29. The molecule has 2 aliphatic heterocycles. The fourth-order valence-corrected chi connectivity index (χ4v) is 3.69. The van der Waals surface area contributed by atoms with Crippen molar-refractivity contribution in [2.24, 2.45) is 0 Å². The maximum Gasteiger partial charge on any atom is 0.292 e. The molecule has 0 aliphatic carbocycles. The third-order valence-corrected chi connectivity index (χ3v) is 5.19. The zero-order chi connectivity index (χ0) is 15.7. The van der Waals surface area contributed by atoms with Gasteiger partial charge in [0.25, 0.3) is 5.91 Å². The Morgan fingerprint density at radius 2 is 1.77 bits per heavy atom. The highest BCUT2D eigenvalue weighted by Crippen LogP contribution is 2.21. The van der Waals surface area contributed by atoms with Crippen molar-refractivity contribution in [1.29, 1.82) is 0 Å². The monoisotopic (exact) mass is 303 g/mol. The second-order valence-electron chi connectivity index (χ2n) is 6.64. The highest BCUT2D eigenvalue weighted by molar-refractivity contribution is 6.21. The average Bonchev–Trinajstić information content (AvgIpc) is 2.83. The van der Waals surface area contributed by atoms with Gasteiger partial charge in [0.1, 0.15) is 0 Å². The van der Waals surface area contributed by atoms with E-state index >= 15 is 0 Å². The molecule has 0 saturated carbocycles. The first kappa shape index (κ1) is 15.2. The predicted molar refractivity (Wildman–Crippen MR) is 83.9 cm³/mol. The smallest absolute Gasteiger partial charge is 0.292 e. The SMILES string of the molecule is C[NH+]1CCC([NH+](C)[C@@H]2CC(=O)N(c3ccccc3)C2=O)CC1. The van der Waals surface area contributed by atoms with E-state index < -0.39 is 0 Å². The molecule has 5 nitrogen and oxygen atoms in total. The van der Waals surface area contributed by atoms with Gasteiger partial charge in [-0.05, 0) is 12.1 Å². The fourth-order valence-electron chi connectivity index (χ4n) is 3.69. The lowest BCUT2D eigenvalue weighted by atomic mass is 10.0. The first-order valence-electron chi connectivity index (χ1n) is 8.14. The minimum absolute atomic E-state index is 0.0417. The van der Waals surface area contributed by atoms with Crippen molar-refractivity contribution < 1.29 is 19.4 Å². The molecule has 118 valence electrons. The largest absolute Gasteiger partial charge is 0.337 e. The molecule has 3 rings (SSSR count). The number of rotatable bonds is 3. The van der Waals surface area contributed by atoms with Crippen LogP contribution in [-0.2, 0) is 9.59 Å². The molecular formula is C17H25N3O2+2. The molecule has 0 bridgehead atoms. The van der Waals surface area contributed by atoms with Gasteiger partial charge in [-0.25, -0.2) is 4.90 Å². The molecule has 2 heterocycles. The number of nitrogens with one attached hydrogen (secondary N) is 2. The number of benzene rings is 1. The number of imide groups is 1. The van der Waals surface area contributed by atoms with Crippen molar-refractivity contribution in [3.05, 3.63) is 30.3 Å². The fraction of sp³-hybridized carbons (Fsp3) is 0.529. The third kappa shape index (κ3) is 2.78. The number of piperidine rings is 1. The van der Waals surface area contributed by atoms with Crippen LogP contribution in [0.2, 0.25) is 0 Å². The number of hydrogen-bond donors (Lipinski definition) is 2. The van der Waals surface area contributed by atoms with Crippen LogP contribution in [0.15, 0.2) is 30.3 Å². The van der Waals surface area contributed by atoms with Crippen LogP contribution in [-0.4, -0.2) is 51.1 Å². The number of carbonyl (C=O) groups excluding carboxylic acids is 2. The van der Waals surface area contributed by atoms with Gasteiger partial charge >= 0.3 is 0 Å². The summed E-state index contributed by atoms with van der Waals surface area (Å²) < 4.78 is 0. The number of likely N-dealkylation sites (N-methyl/N-ethyl adjacent to an activating group) is 1. The summed E-state index contributed by atoms with van der Waals surface area (Å²) in [6, 6.07) is 9.53. The number of likely N-dealkylation sites (tertiary alicyclic amines) is 1. The highest BCUT2D eigenvalue weighted by atomic mass is 16.2. The maximum atomic E-state index is 12.7. The van der Waals surface area contributed by atoms with Gasteiger partial charge in [0, 0.05) is 12.8 Å². The summed E-state index contributed by atoms with van der Waals surface area (Å²) in [4.78, 5) is 29.2. The van der Waals surface area contributed by atoms with Crippen molar-refractivity contribution in [2.45, 2.75) is 31.3 Å². The summed E-state index contributed by atoms with van der Waals surface area (Å²) in [6.07, 6.45) is 2.58. The second kappa shape index (κ2) is 6.18. The quantitative estimate of drug-likeness (QED) is 0.669. The van der Waals surface area contributed by atoms with Gasteiger partial charge in [-0.3, -0.25) is 9.59 Å². The number of carbonyl (C=O) groups is 2. The Hall–Kier alpha value is -1.72. The van der Waals surface area contributed by atoms with Crippen molar-refractivity contribution >= 4 is 17.5 Å². The molecule has 22 heavy (non-hydrogen) atoms. The normalized spacial score (nSPS) is 30.6. The Kier molecular flexibility index (Phi) is 4.27.